The van der Waals surface area contributed by atoms with Gasteiger partial charge in [-0.2, -0.15) is 0 Å². The van der Waals surface area contributed by atoms with Crippen molar-refractivity contribution in [2.45, 2.75) is 19.4 Å². The van der Waals surface area contributed by atoms with Crippen molar-refractivity contribution in [2.24, 2.45) is 0 Å². The zero-order valence-electron chi connectivity index (χ0n) is 9.99. The van der Waals surface area contributed by atoms with E-state index in [1.165, 1.54) is 0 Å². The topological polar surface area (TPSA) is 22.1 Å². The van der Waals surface area contributed by atoms with Crippen LogP contribution in [-0.2, 0) is 12.5 Å². The summed E-state index contributed by atoms with van der Waals surface area (Å²) in [5.74, 6) is 1.06. The van der Waals surface area contributed by atoms with E-state index < -0.39 is 0 Å². The molecule has 0 radical (unpaired) electrons. The van der Waals surface area contributed by atoms with Crippen molar-refractivity contribution in [1.29, 1.82) is 0 Å². The summed E-state index contributed by atoms with van der Waals surface area (Å²) in [6.07, 6.45) is 0. The van der Waals surface area contributed by atoms with Gasteiger partial charge in [-0.15, -0.1) is 11.6 Å². The third-order valence-electron chi connectivity index (χ3n) is 2.44. The van der Waals surface area contributed by atoms with Gasteiger partial charge in [0.05, 0.1) is 0 Å². The Balaban J connectivity index is 2.05. The second kappa shape index (κ2) is 6.07. The van der Waals surface area contributed by atoms with E-state index in [9.17, 15) is 0 Å². The van der Waals surface area contributed by atoms with Crippen LogP contribution in [0.25, 0.3) is 0 Å². The zero-order chi connectivity index (χ0) is 13.0. The summed E-state index contributed by atoms with van der Waals surface area (Å²) >= 11 is 11.6. The zero-order valence-corrected chi connectivity index (χ0v) is 11.5. The number of benzene rings is 1. The van der Waals surface area contributed by atoms with Crippen molar-refractivity contribution in [2.75, 3.05) is 0 Å². The Labute approximate surface area is 117 Å². The second-order valence-electron chi connectivity index (χ2n) is 4.00. The Morgan fingerprint density at radius 2 is 1.83 bits per heavy atom. The molecule has 0 fully saturated rings. The lowest BCUT2D eigenvalue weighted by molar-refractivity contribution is 0.293. The maximum Gasteiger partial charge on any atom is 0.214 e. The number of pyridine rings is 1. The number of nitrogens with zero attached hydrogens (tertiary/aromatic N) is 1. The van der Waals surface area contributed by atoms with Gasteiger partial charge in [0, 0.05) is 22.7 Å². The highest BCUT2D eigenvalue weighted by molar-refractivity contribution is 6.30. The Morgan fingerprint density at radius 3 is 2.50 bits per heavy atom. The molecule has 2 rings (SSSR count). The normalized spacial score (nSPS) is 10.4. The molecule has 0 aliphatic rings. The predicted octanol–water partition coefficient (Wildman–Crippen LogP) is 4.36. The fraction of sp³-hybridized carbons (Fsp3) is 0.214. The van der Waals surface area contributed by atoms with E-state index in [1.54, 1.807) is 0 Å². The van der Waals surface area contributed by atoms with E-state index in [4.69, 9.17) is 27.9 Å². The third-order valence-corrected chi connectivity index (χ3v) is 3.00. The monoisotopic (exact) mass is 281 g/mol. The molecule has 0 amide bonds. The van der Waals surface area contributed by atoms with Crippen LogP contribution >= 0.6 is 23.2 Å². The molecular formula is C14H13Cl2NO. The molecule has 0 atom stereocenters. The van der Waals surface area contributed by atoms with Crippen molar-refractivity contribution in [3.63, 3.8) is 0 Å². The first-order valence-electron chi connectivity index (χ1n) is 5.58. The van der Waals surface area contributed by atoms with Crippen molar-refractivity contribution in [3.8, 4) is 5.88 Å². The molecule has 18 heavy (non-hydrogen) atoms. The average Bonchev–Trinajstić information content (AvgIpc) is 2.37. The van der Waals surface area contributed by atoms with Crippen LogP contribution in [0.2, 0.25) is 5.02 Å². The standard InChI is InChI=1S/C14H13Cl2NO/c1-10-6-12(8-15)7-14(17-10)18-9-11-2-4-13(16)5-3-11/h2-7H,8-9H2,1H3. The molecule has 1 heterocycles. The van der Waals surface area contributed by atoms with Crippen molar-refractivity contribution >= 4 is 23.2 Å². The minimum absolute atomic E-state index is 0.459. The lowest BCUT2D eigenvalue weighted by Gasteiger charge is -2.07. The number of aryl methyl sites for hydroxylation is 1. The minimum atomic E-state index is 0.459. The van der Waals surface area contributed by atoms with Gasteiger partial charge >= 0.3 is 0 Å². The highest BCUT2D eigenvalue weighted by Gasteiger charge is 2.01. The molecule has 0 spiro atoms. The van der Waals surface area contributed by atoms with E-state index >= 15 is 0 Å². The maximum atomic E-state index is 5.82. The highest BCUT2D eigenvalue weighted by Crippen LogP contribution is 2.16. The molecule has 0 aliphatic heterocycles. The summed E-state index contributed by atoms with van der Waals surface area (Å²) in [4.78, 5) is 4.31. The van der Waals surface area contributed by atoms with Crippen LogP contribution in [0, 0.1) is 6.92 Å². The van der Waals surface area contributed by atoms with Crippen LogP contribution in [0.4, 0.5) is 0 Å². The van der Waals surface area contributed by atoms with Crippen LogP contribution in [0.3, 0.4) is 0 Å². The third kappa shape index (κ3) is 3.62. The van der Waals surface area contributed by atoms with Crippen LogP contribution in [0.15, 0.2) is 36.4 Å². The largest absolute Gasteiger partial charge is 0.473 e. The van der Waals surface area contributed by atoms with Gasteiger partial charge in [-0.3, -0.25) is 0 Å². The molecule has 94 valence electrons. The van der Waals surface area contributed by atoms with Gasteiger partial charge in [0.25, 0.3) is 0 Å². The van der Waals surface area contributed by atoms with Crippen molar-refractivity contribution in [3.05, 3.63) is 58.2 Å². The predicted molar refractivity (Wildman–Crippen MR) is 74.3 cm³/mol. The fourth-order valence-electron chi connectivity index (χ4n) is 1.60. The van der Waals surface area contributed by atoms with Gasteiger partial charge in [-0.05, 0) is 36.2 Å². The highest BCUT2D eigenvalue weighted by atomic mass is 35.5. The Hall–Kier alpha value is -1.25. The fourth-order valence-corrected chi connectivity index (χ4v) is 1.88. The first-order chi connectivity index (χ1) is 8.67. The first kappa shape index (κ1) is 13.2. The Bertz CT molecular complexity index is 526. The number of alkyl halides is 1. The van der Waals surface area contributed by atoms with E-state index in [0.717, 1.165) is 21.8 Å². The summed E-state index contributed by atoms with van der Waals surface area (Å²) in [6.45, 7) is 2.39. The summed E-state index contributed by atoms with van der Waals surface area (Å²) in [6, 6.07) is 11.3. The van der Waals surface area contributed by atoms with E-state index in [0.29, 0.717) is 18.4 Å². The lowest BCUT2D eigenvalue weighted by atomic mass is 10.2. The lowest BCUT2D eigenvalue weighted by Crippen LogP contribution is -1.99. The summed E-state index contributed by atoms with van der Waals surface area (Å²) in [5, 5.41) is 0.719. The molecule has 1 aromatic heterocycles. The van der Waals surface area contributed by atoms with E-state index in [-0.39, 0.29) is 0 Å². The van der Waals surface area contributed by atoms with Crippen LogP contribution in [0.5, 0.6) is 5.88 Å². The molecule has 0 N–H and O–H groups in total. The number of rotatable bonds is 4. The van der Waals surface area contributed by atoms with Gasteiger partial charge in [0.15, 0.2) is 0 Å². The number of halogens is 2. The van der Waals surface area contributed by atoms with E-state index in [1.807, 2.05) is 43.3 Å². The van der Waals surface area contributed by atoms with Crippen molar-refractivity contribution < 1.29 is 4.74 Å². The maximum absolute atomic E-state index is 5.82. The van der Waals surface area contributed by atoms with Crippen LogP contribution < -0.4 is 4.74 Å². The van der Waals surface area contributed by atoms with Gasteiger partial charge in [0.1, 0.15) is 6.61 Å². The Kier molecular flexibility index (Phi) is 4.45. The molecular weight excluding hydrogens is 269 g/mol. The smallest absolute Gasteiger partial charge is 0.214 e. The molecule has 2 nitrogen and oxygen atoms in total. The van der Waals surface area contributed by atoms with Gasteiger partial charge in [-0.1, -0.05) is 23.7 Å². The molecule has 0 saturated carbocycles. The minimum Gasteiger partial charge on any atom is -0.473 e. The van der Waals surface area contributed by atoms with Crippen LogP contribution in [-0.4, -0.2) is 4.98 Å². The van der Waals surface area contributed by atoms with Gasteiger partial charge < -0.3 is 4.74 Å². The number of aromatic nitrogens is 1. The molecule has 0 bridgehead atoms. The SMILES string of the molecule is Cc1cc(CCl)cc(OCc2ccc(Cl)cc2)n1. The summed E-state index contributed by atoms with van der Waals surface area (Å²) in [7, 11) is 0. The number of hydrogen-bond acceptors (Lipinski definition) is 2. The second-order valence-corrected chi connectivity index (χ2v) is 4.71. The molecule has 0 aliphatic carbocycles. The summed E-state index contributed by atoms with van der Waals surface area (Å²) in [5.41, 5.74) is 2.96. The van der Waals surface area contributed by atoms with Gasteiger partial charge in [0.2, 0.25) is 5.88 Å². The average molecular weight is 282 g/mol. The quantitative estimate of drug-likeness (QED) is 0.777. The number of hydrogen-bond donors (Lipinski definition) is 0. The first-order valence-corrected chi connectivity index (χ1v) is 6.49. The molecule has 4 heteroatoms. The van der Waals surface area contributed by atoms with Gasteiger partial charge in [-0.25, -0.2) is 4.98 Å². The summed E-state index contributed by atoms with van der Waals surface area (Å²) < 4.78 is 5.64. The van der Waals surface area contributed by atoms with Crippen LogP contribution in [0.1, 0.15) is 16.8 Å². The molecule has 2 aromatic rings. The molecule has 0 unspecified atom stereocenters. The van der Waals surface area contributed by atoms with E-state index in [2.05, 4.69) is 4.98 Å². The molecule has 1 aromatic carbocycles. The van der Waals surface area contributed by atoms with Crippen molar-refractivity contribution in [1.82, 2.24) is 4.98 Å². The Morgan fingerprint density at radius 1 is 1.11 bits per heavy atom. The molecule has 0 saturated heterocycles. The number of ether oxygens (including phenoxy) is 1.